The fraction of sp³-hybridized carbons (Fsp3) is 0.700. The average molecular weight is 276 g/mol. The predicted molar refractivity (Wildman–Crippen MR) is 60.4 cm³/mol. The summed E-state index contributed by atoms with van der Waals surface area (Å²) in [7, 11) is 0. The Labute approximate surface area is 97.0 Å². The minimum Gasteiger partial charge on any atom is -0.325 e. The zero-order valence-electron chi connectivity index (χ0n) is 8.55. The van der Waals surface area contributed by atoms with E-state index in [1.165, 1.54) is 0 Å². The topological polar surface area (TPSA) is 43.8 Å². The molecule has 3 nitrogen and oxygen atoms in total. The zero-order chi connectivity index (χ0) is 10.9. The molecular weight excluding hydrogens is 261 g/mol. The van der Waals surface area contributed by atoms with Crippen molar-refractivity contribution >= 4 is 15.9 Å². The standard InChI is InChI=1S/C10H15BrFN3/c11-8-7-14-9(15(8)6-5-12)1-2-10(13)3-4-10/h7H,1-6,13H2. The lowest BCUT2D eigenvalue weighted by Crippen LogP contribution is -2.23. The summed E-state index contributed by atoms with van der Waals surface area (Å²) < 4.78 is 15.0. The highest BCUT2D eigenvalue weighted by Gasteiger charge is 2.37. The van der Waals surface area contributed by atoms with Crippen LogP contribution in [0.3, 0.4) is 0 Å². The Morgan fingerprint density at radius 1 is 1.60 bits per heavy atom. The van der Waals surface area contributed by atoms with Gasteiger partial charge in [-0.05, 0) is 35.2 Å². The van der Waals surface area contributed by atoms with Crippen LogP contribution in [-0.4, -0.2) is 21.8 Å². The SMILES string of the molecule is NC1(CCc2ncc(Br)n2CCF)CC1. The largest absolute Gasteiger partial charge is 0.325 e. The molecule has 0 aliphatic heterocycles. The lowest BCUT2D eigenvalue weighted by atomic mass is 10.1. The highest BCUT2D eigenvalue weighted by Crippen LogP contribution is 2.36. The molecule has 84 valence electrons. The average Bonchev–Trinajstić information content (AvgIpc) is 2.84. The quantitative estimate of drug-likeness (QED) is 0.894. The number of nitrogens with zero attached hydrogens (tertiary/aromatic N) is 2. The van der Waals surface area contributed by atoms with Crippen LogP contribution in [-0.2, 0) is 13.0 Å². The van der Waals surface area contributed by atoms with Gasteiger partial charge >= 0.3 is 0 Å². The van der Waals surface area contributed by atoms with Crippen molar-refractivity contribution in [1.82, 2.24) is 9.55 Å². The maximum absolute atomic E-state index is 12.3. The summed E-state index contributed by atoms with van der Waals surface area (Å²) in [6.45, 7) is 0.00319. The number of aryl methyl sites for hydroxylation is 1. The second-order valence-electron chi connectivity index (χ2n) is 4.20. The molecule has 15 heavy (non-hydrogen) atoms. The molecular formula is C10H15BrFN3. The van der Waals surface area contributed by atoms with E-state index >= 15 is 0 Å². The number of alkyl halides is 1. The molecule has 1 aromatic rings. The summed E-state index contributed by atoms with van der Waals surface area (Å²) in [4.78, 5) is 4.26. The van der Waals surface area contributed by atoms with Crippen LogP contribution in [0.15, 0.2) is 10.8 Å². The molecule has 2 rings (SSSR count). The van der Waals surface area contributed by atoms with Gasteiger partial charge in [-0.1, -0.05) is 0 Å². The van der Waals surface area contributed by atoms with Crippen molar-refractivity contribution in [3.8, 4) is 0 Å². The van der Waals surface area contributed by atoms with Crippen molar-refractivity contribution in [2.75, 3.05) is 6.67 Å². The van der Waals surface area contributed by atoms with Crippen molar-refractivity contribution in [2.45, 2.75) is 37.8 Å². The molecule has 0 radical (unpaired) electrons. The molecule has 1 aliphatic carbocycles. The molecule has 0 bridgehead atoms. The second-order valence-corrected chi connectivity index (χ2v) is 5.01. The number of aromatic nitrogens is 2. The van der Waals surface area contributed by atoms with Crippen LogP contribution in [0.25, 0.3) is 0 Å². The van der Waals surface area contributed by atoms with E-state index in [1.807, 2.05) is 4.57 Å². The molecule has 2 N–H and O–H groups in total. The van der Waals surface area contributed by atoms with Crippen molar-refractivity contribution in [1.29, 1.82) is 0 Å². The summed E-state index contributed by atoms with van der Waals surface area (Å²) >= 11 is 3.36. The second kappa shape index (κ2) is 4.22. The van der Waals surface area contributed by atoms with Crippen molar-refractivity contribution in [2.24, 2.45) is 5.73 Å². The minimum absolute atomic E-state index is 0.0406. The Kier molecular flexibility index (Phi) is 3.11. The molecule has 0 saturated heterocycles. The van der Waals surface area contributed by atoms with Gasteiger partial charge in [0.1, 0.15) is 17.1 Å². The molecule has 1 saturated carbocycles. The van der Waals surface area contributed by atoms with Crippen LogP contribution >= 0.6 is 15.9 Å². The lowest BCUT2D eigenvalue weighted by Gasteiger charge is -2.10. The van der Waals surface area contributed by atoms with Gasteiger partial charge in [-0.3, -0.25) is 0 Å². The summed E-state index contributed by atoms with van der Waals surface area (Å²) in [5, 5.41) is 0. The zero-order valence-corrected chi connectivity index (χ0v) is 10.1. The fourth-order valence-corrected chi connectivity index (χ4v) is 2.17. The van der Waals surface area contributed by atoms with E-state index in [9.17, 15) is 4.39 Å². The van der Waals surface area contributed by atoms with Crippen LogP contribution in [0.5, 0.6) is 0 Å². The Hall–Kier alpha value is -0.420. The van der Waals surface area contributed by atoms with Gasteiger partial charge in [-0.15, -0.1) is 0 Å². The van der Waals surface area contributed by atoms with Gasteiger partial charge in [-0.25, -0.2) is 9.37 Å². The smallest absolute Gasteiger partial charge is 0.109 e. The molecule has 0 aromatic carbocycles. The molecule has 1 fully saturated rings. The maximum atomic E-state index is 12.3. The van der Waals surface area contributed by atoms with Gasteiger partial charge in [0.2, 0.25) is 0 Å². The highest BCUT2D eigenvalue weighted by atomic mass is 79.9. The third kappa shape index (κ3) is 2.58. The van der Waals surface area contributed by atoms with E-state index in [2.05, 4.69) is 20.9 Å². The summed E-state index contributed by atoms with van der Waals surface area (Å²) in [5.74, 6) is 0.927. The molecule has 0 amide bonds. The molecule has 0 atom stereocenters. The number of nitrogens with two attached hydrogens (primary N) is 1. The molecule has 5 heteroatoms. The number of hydrogen-bond acceptors (Lipinski definition) is 2. The highest BCUT2D eigenvalue weighted by molar-refractivity contribution is 9.10. The third-order valence-corrected chi connectivity index (χ3v) is 3.57. The Morgan fingerprint density at radius 2 is 2.33 bits per heavy atom. The normalized spacial score (nSPS) is 18.1. The van der Waals surface area contributed by atoms with E-state index in [0.717, 1.165) is 36.1 Å². The summed E-state index contributed by atoms with van der Waals surface area (Å²) in [6, 6.07) is 0. The van der Waals surface area contributed by atoms with Crippen LogP contribution in [0.2, 0.25) is 0 Å². The van der Waals surface area contributed by atoms with Gasteiger partial charge in [0.15, 0.2) is 0 Å². The third-order valence-electron chi connectivity index (χ3n) is 2.94. The first kappa shape index (κ1) is 11.1. The van der Waals surface area contributed by atoms with Gasteiger partial charge < -0.3 is 10.3 Å². The number of imidazole rings is 1. The first-order chi connectivity index (χ1) is 7.14. The van der Waals surface area contributed by atoms with Gasteiger partial charge in [-0.2, -0.15) is 0 Å². The molecule has 1 heterocycles. The fourth-order valence-electron chi connectivity index (χ4n) is 1.68. The molecule has 1 aliphatic rings. The van der Waals surface area contributed by atoms with Crippen molar-refractivity contribution in [3.05, 3.63) is 16.6 Å². The van der Waals surface area contributed by atoms with E-state index in [0.29, 0.717) is 6.54 Å². The predicted octanol–water partition coefficient (Wildman–Crippen LogP) is 2.04. The van der Waals surface area contributed by atoms with E-state index in [-0.39, 0.29) is 12.2 Å². The van der Waals surface area contributed by atoms with Gasteiger partial charge in [0.05, 0.1) is 12.7 Å². The summed E-state index contributed by atoms with van der Waals surface area (Å²) in [6.07, 6.45) is 5.72. The van der Waals surface area contributed by atoms with E-state index < -0.39 is 0 Å². The molecule has 0 spiro atoms. The molecule has 0 unspecified atom stereocenters. The molecule has 1 aromatic heterocycles. The van der Waals surface area contributed by atoms with Crippen molar-refractivity contribution < 1.29 is 4.39 Å². The Morgan fingerprint density at radius 3 is 2.93 bits per heavy atom. The first-order valence-corrected chi connectivity index (χ1v) is 5.99. The monoisotopic (exact) mass is 275 g/mol. The number of rotatable bonds is 5. The Bertz CT molecular complexity index is 346. The number of hydrogen-bond donors (Lipinski definition) is 1. The van der Waals surface area contributed by atoms with Crippen LogP contribution in [0, 0.1) is 0 Å². The van der Waals surface area contributed by atoms with Gasteiger partial charge in [0, 0.05) is 12.0 Å². The Balaban J connectivity index is 2.00. The van der Waals surface area contributed by atoms with Crippen LogP contribution < -0.4 is 5.73 Å². The van der Waals surface area contributed by atoms with Gasteiger partial charge in [0.25, 0.3) is 0 Å². The van der Waals surface area contributed by atoms with Crippen LogP contribution in [0.1, 0.15) is 25.1 Å². The summed E-state index contributed by atoms with van der Waals surface area (Å²) in [5.41, 5.74) is 6.04. The van der Waals surface area contributed by atoms with Crippen molar-refractivity contribution in [3.63, 3.8) is 0 Å². The number of halogens is 2. The first-order valence-electron chi connectivity index (χ1n) is 5.19. The van der Waals surface area contributed by atoms with E-state index in [4.69, 9.17) is 5.73 Å². The van der Waals surface area contributed by atoms with E-state index in [1.54, 1.807) is 6.20 Å². The maximum Gasteiger partial charge on any atom is 0.109 e. The minimum atomic E-state index is -0.365. The lowest BCUT2D eigenvalue weighted by molar-refractivity contribution is 0.433. The van der Waals surface area contributed by atoms with Crippen LogP contribution in [0.4, 0.5) is 4.39 Å².